The van der Waals surface area contributed by atoms with Crippen molar-refractivity contribution in [2.75, 3.05) is 7.11 Å². The molecule has 1 unspecified atom stereocenters. The van der Waals surface area contributed by atoms with Gasteiger partial charge in [-0.25, -0.2) is 0 Å². The summed E-state index contributed by atoms with van der Waals surface area (Å²) >= 11 is 0. The molecule has 0 heterocycles. The molecule has 3 heteroatoms. The third-order valence-corrected chi connectivity index (χ3v) is 5.15. The molecule has 132 valence electrons. The van der Waals surface area contributed by atoms with Gasteiger partial charge in [-0.15, -0.1) is 0 Å². The summed E-state index contributed by atoms with van der Waals surface area (Å²) in [6, 6.07) is 12.3. The van der Waals surface area contributed by atoms with E-state index in [-0.39, 0.29) is 11.9 Å². The van der Waals surface area contributed by atoms with Crippen molar-refractivity contribution >= 4 is 5.91 Å². The standard InChI is InChI=1S/C22H27NO2/c1-4-20(18-11-12-21(25-3)15(2)13-18)23-22(24)19-10-9-16-7-5-6-8-17(16)14-19/h9-14,20H,4-8H2,1-3H3,(H,23,24). The topological polar surface area (TPSA) is 38.3 Å². The van der Waals surface area contributed by atoms with Gasteiger partial charge in [0, 0.05) is 5.56 Å². The fraction of sp³-hybridized carbons (Fsp3) is 0.409. The molecule has 0 saturated carbocycles. The number of carbonyl (C=O) groups is 1. The fourth-order valence-electron chi connectivity index (χ4n) is 3.66. The van der Waals surface area contributed by atoms with Gasteiger partial charge in [0.1, 0.15) is 5.75 Å². The highest BCUT2D eigenvalue weighted by atomic mass is 16.5. The van der Waals surface area contributed by atoms with E-state index in [9.17, 15) is 4.79 Å². The lowest BCUT2D eigenvalue weighted by atomic mass is 9.90. The summed E-state index contributed by atoms with van der Waals surface area (Å²) in [5.41, 5.74) is 5.71. The Hall–Kier alpha value is -2.29. The highest BCUT2D eigenvalue weighted by Gasteiger charge is 2.17. The maximum absolute atomic E-state index is 12.7. The second kappa shape index (κ2) is 7.73. The number of fused-ring (bicyclic) bond motifs is 1. The molecule has 1 aliphatic rings. The molecule has 0 bridgehead atoms. The van der Waals surface area contributed by atoms with Crippen LogP contribution in [0.3, 0.4) is 0 Å². The van der Waals surface area contributed by atoms with Crippen molar-refractivity contribution in [3.63, 3.8) is 0 Å². The van der Waals surface area contributed by atoms with E-state index in [1.165, 1.54) is 24.0 Å². The number of rotatable bonds is 5. The summed E-state index contributed by atoms with van der Waals surface area (Å²) in [6.45, 7) is 4.12. The summed E-state index contributed by atoms with van der Waals surface area (Å²) in [5.74, 6) is 0.883. The third-order valence-electron chi connectivity index (χ3n) is 5.15. The van der Waals surface area contributed by atoms with Crippen LogP contribution in [0.2, 0.25) is 0 Å². The summed E-state index contributed by atoms with van der Waals surface area (Å²) in [7, 11) is 1.68. The van der Waals surface area contributed by atoms with Crippen LogP contribution >= 0.6 is 0 Å². The largest absolute Gasteiger partial charge is 0.496 e. The third kappa shape index (κ3) is 3.87. The van der Waals surface area contributed by atoms with Crippen LogP contribution in [0.15, 0.2) is 36.4 Å². The van der Waals surface area contributed by atoms with E-state index < -0.39 is 0 Å². The first-order valence-electron chi connectivity index (χ1n) is 9.19. The first kappa shape index (κ1) is 17.5. The van der Waals surface area contributed by atoms with Gasteiger partial charge in [-0.2, -0.15) is 0 Å². The van der Waals surface area contributed by atoms with Gasteiger partial charge < -0.3 is 10.1 Å². The fourth-order valence-corrected chi connectivity index (χ4v) is 3.66. The minimum atomic E-state index is 0.00754. The van der Waals surface area contributed by atoms with Crippen molar-refractivity contribution in [2.24, 2.45) is 0 Å². The van der Waals surface area contributed by atoms with E-state index in [1.807, 2.05) is 25.1 Å². The van der Waals surface area contributed by atoms with Gasteiger partial charge >= 0.3 is 0 Å². The van der Waals surface area contributed by atoms with E-state index in [0.717, 1.165) is 41.7 Å². The molecule has 0 radical (unpaired) electrons. The summed E-state index contributed by atoms with van der Waals surface area (Å²) in [5, 5.41) is 3.19. The van der Waals surface area contributed by atoms with Gasteiger partial charge in [0.05, 0.1) is 13.2 Å². The minimum absolute atomic E-state index is 0.00754. The highest BCUT2D eigenvalue weighted by molar-refractivity contribution is 5.94. The van der Waals surface area contributed by atoms with Crippen molar-refractivity contribution in [2.45, 2.75) is 52.0 Å². The molecule has 1 amide bonds. The minimum Gasteiger partial charge on any atom is -0.496 e. The summed E-state index contributed by atoms with van der Waals surface area (Å²) in [4.78, 5) is 12.7. The molecule has 1 N–H and O–H groups in total. The molecular weight excluding hydrogens is 310 g/mol. The monoisotopic (exact) mass is 337 g/mol. The lowest BCUT2D eigenvalue weighted by Crippen LogP contribution is -2.28. The van der Waals surface area contributed by atoms with Crippen molar-refractivity contribution in [1.82, 2.24) is 5.32 Å². The van der Waals surface area contributed by atoms with Crippen LogP contribution in [0.25, 0.3) is 0 Å². The predicted octanol–water partition coefficient (Wildman–Crippen LogP) is 4.76. The van der Waals surface area contributed by atoms with Crippen LogP contribution in [0.1, 0.15) is 64.8 Å². The molecule has 0 saturated heterocycles. The normalized spacial score (nSPS) is 14.5. The second-order valence-electron chi connectivity index (χ2n) is 6.85. The maximum atomic E-state index is 12.7. The Morgan fingerprint density at radius 2 is 1.88 bits per heavy atom. The van der Waals surface area contributed by atoms with E-state index in [0.29, 0.717) is 0 Å². The Kier molecular flexibility index (Phi) is 5.42. The molecule has 3 nitrogen and oxygen atoms in total. The molecule has 0 spiro atoms. The molecule has 0 fully saturated rings. The number of carbonyl (C=O) groups excluding carboxylic acids is 1. The number of benzene rings is 2. The van der Waals surface area contributed by atoms with Crippen molar-refractivity contribution in [3.05, 3.63) is 64.2 Å². The van der Waals surface area contributed by atoms with E-state index >= 15 is 0 Å². The molecule has 2 aromatic carbocycles. The zero-order chi connectivity index (χ0) is 17.8. The Labute approximate surface area is 150 Å². The van der Waals surface area contributed by atoms with Crippen LogP contribution in [0, 0.1) is 6.92 Å². The molecule has 2 aromatic rings. The first-order chi connectivity index (χ1) is 12.1. The van der Waals surface area contributed by atoms with Crippen LogP contribution in [-0.2, 0) is 12.8 Å². The first-order valence-corrected chi connectivity index (χ1v) is 9.19. The van der Waals surface area contributed by atoms with Crippen molar-refractivity contribution in [3.8, 4) is 5.75 Å². The Bertz CT molecular complexity index is 767. The van der Waals surface area contributed by atoms with Crippen LogP contribution in [0.5, 0.6) is 5.75 Å². The van der Waals surface area contributed by atoms with Gasteiger partial charge in [-0.05, 0) is 79.5 Å². The number of ether oxygens (including phenoxy) is 1. The molecule has 0 aromatic heterocycles. The average molecular weight is 337 g/mol. The van der Waals surface area contributed by atoms with Gasteiger partial charge in [-0.3, -0.25) is 4.79 Å². The van der Waals surface area contributed by atoms with Crippen LogP contribution in [0.4, 0.5) is 0 Å². The van der Waals surface area contributed by atoms with Gasteiger partial charge in [0.25, 0.3) is 5.91 Å². The molecule has 3 rings (SSSR count). The summed E-state index contributed by atoms with van der Waals surface area (Å²) < 4.78 is 5.33. The Balaban J connectivity index is 1.77. The number of methoxy groups -OCH3 is 1. The van der Waals surface area contributed by atoms with E-state index in [4.69, 9.17) is 4.74 Å². The van der Waals surface area contributed by atoms with Crippen LogP contribution in [-0.4, -0.2) is 13.0 Å². The Morgan fingerprint density at radius 3 is 2.56 bits per heavy atom. The second-order valence-corrected chi connectivity index (χ2v) is 6.85. The van der Waals surface area contributed by atoms with E-state index in [1.54, 1.807) is 7.11 Å². The number of hydrogen-bond donors (Lipinski definition) is 1. The highest BCUT2D eigenvalue weighted by Crippen LogP contribution is 2.25. The van der Waals surface area contributed by atoms with Crippen molar-refractivity contribution in [1.29, 1.82) is 0 Å². The maximum Gasteiger partial charge on any atom is 0.251 e. The zero-order valence-electron chi connectivity index (χ0n) is 15.4. The predicted molar refractivity (Wildman–Crippen MR) is 101 cm³/mol. The molecular formula is C22H27NO2. The van der Waals surface area contributed by atoms with Gasteiger partial charge in [0.15, 0.2) is 0 Å². The smallest absolute Gasteiger partial charge is 0.251 e. The molecule has 1 atom stereocenters. The molecule has 0 aliphatic heterocycles. The molecule has 25 heavy (non-hydrogen) atoms. The van der Waals surface area contributed by atoms with Gasteiger partial charge in [0.2, 0.25) is 0 Å². The van der Waals surface area contributed by atoms with Crippen molar-refractivity contribution < 1.29 is 9.53 Å². The number of amides is 1. The zero-order valence-corrected chi connectivity index (χ0v) is 15.4. The quantitative estimate of drug-likeness (QED) is 0.854. The number of hydrogen-bond acceptors (Lipinski definition) is 2. The lowest BCUT2D eigenvalue weighted by Gasteiger charge is -2.20. The lowest BCUT2D eigenvalue weighted by molar-refractivity contribution is 0.0935. The SMILES string of the molecule is CCC(NC(=O)c1ccc2c(c1)CCCC2)c1ccc(OC)c(C)c1. The average Bonchev–Trinajstić information content (AvgIpc) is 2.65. The van der Waals surface area contributed by atoms with E-state index in [2.05, 4.69) is 30.4 Å². The molecule has 1 aliphatic carbocycles. The Morgan fingerprint density at radius 1 is 1.12 bits per heavy atom. The van der Waals surface area contributed by atoms with Gasteiger partial charge in [-0.1, -0.05) is 25.1 Å². The number of aryl methyl sites for hydroxylation is 3. The number of nitrogens with one attached hydrogen (secondary N) is 1. The summed E-state index contributed by atoms with van der Waals surface area (Å²) in [6.07, 6.45) is 5.56. The van der Waals surface area contributed by atoms with Crippen LogP contribution < -0.4 is 10.1 Å².